The van der Waals surface area contributed by atoms with E-state index in [1.165, 1.54) is 10.5 Å². The Kier molecular flexibility index (Phi) is 6.87. The molecule has 1 amide bonds. The van der Waals surface area contributed by atoms with Crippen LogP contribution < -0.4 is 4.90 Å². The van der Waals surface area contributed by atoms with E-state index >= 15 is 0 Å². The van der Waals surface area contributed by atoms with Crippen LogP contribution in [0.4, 0.5) is 23.7 Å². The first-order chi connectivity index (χ1) is 16.6. The third-order valence-corrected chi connectivity index (χ3v) is 8.57. The predicted molar refractivity (Wildman–Crippen MR) is 127 cm³/mol. The molecule has 4 heterocycles. The number of rotatable bonds is 4. The molecule has 0 radical (unpaired) electrons. The molecule has 5 rings (SSSR count). The number of carbonyl (C=O) groups is 1. The van der Waals surface area contributed by atoms with Crippen LogP contribution in [0.2, 0.25) is 5.02 Å². The quantitative estimate of drug-likeness (QED) is 0.568. The fraction of sp³-hybridized carbons (Fsp3) is 0.720. The number of nitrogens with zero attached hydrogens (tertiary/aromatic N) is 3. The minimum Gasteiger partial charge on any atom is -0.437 e. The van der Waals surface area contributed by atoms with Gasteiger partial charge in [-0.25, -0.2) is 4.79 Å². The van der Waals surface area contributed by atoms with Crippen LogP contribution in [0.15, 0.2) is 18.2 Å². The van der Waals surface area contributed by atoms with Gasteiger partial charge in [0.05, 0.1) is 13.2 Å². The van der Waals surface area contributed by atoms with Gasteiger partial charge in [0.2, 0.25) is 0 Å². The van der Waals surface area contributed by atoms with E-state index < -0.39 is 18.4 Å². The van der Waals surface area contributed by atoms with Gasteiger partial charge in [0.15, 0.2) is 6.10 Å². The molecule has 10 heteroatoms. The van der Waals surface area contributed by atoms with Crippen LogP contribution >= 0.6 is 11.6 Å². The summed E-state index contributed by atoms with van der Waals surface area (Å²) in [5, 5.41) is 0.732. The van der Waals surface area contributed by atoms with Gasteiger partial charge in [0, 0.05) is 60.8 Å². The third-order valence-electron chi connectivity index (χ3n) is 8.35. The number of anilines is 1. The van der Waals surface area contributed by atoms with E-state index in [0.29, 0.717) is 24.9 Å². The lowest BCUT2D eigenvalue weighted by molar-refractivity contribution is -0.200. The maximum Gasteiger partial charge on any atom is 0.425 e. The number of alkyl halides is 3. The van der Waals surface area contributed by atoms with Crippen LogP contribution in [-0.4, -0.2) is 79.6 Å². The zero-order valence-corrected chi connectivity index (χ0v) is 20.8. The van der Waals surface area contributed by atoms with Crippen LogP contribution in [0.25, 0.3) is 0 Å². The van der Waals surface area contributed by atoms with Gasteiger partial charge in [-0.15, -0.1) is 0 Å². The van der Waals surface area contributed by atoms with Gasteiger partial charge in [-0.2, -0.15) is 13.2 Å². The van der Waals surface area contributed by atoms with Crippen molar-refractivity contribution in [3.63, 3.8) is 0 Å². The highest BCUT2D eigenvalue weighted by Gasteiger charge is 2.45. The standard InChI is InChI=1S/C25H33ClF3N3O3/c1-17(25(27,28)29)35-23(33)30-7-4-24(5-8-30)3-2-6-32(24)12-18-9-21(26)11-22(10-18)31-13-19-15-34-16-20(19)14-31/h9-11,17,19-20H,2-8,12-16H2,1H3. The Morgan fingerprint density at radius 3 is 2.49 bits per heavy atom. The maximum absolute atomic E-state index is 12.8. The lowest BCUT2D eigenvalue weighted by Crippen LogP contribution is -2.53. The predicted octanol–water partition coefficient (Wildman–Crippen LogP) is 4.94. The molecule has 1 aromatic rings. The van der Waals surface area contributed by atoms with Crippen molar-refractivity contribution in [2.45, 2.75) is 57.0 Å². The summed E-state index contributed by atoms with van der Waals surface area (Å²) in [7, 11) is 0. The van der Waals surface area contributed by atoms with E-state index in [1.54, 1.807) is 0 Å². The molecule has 4 fully saturated rings. The van der Waals surface area contributed by atoms with E-state index in [4.69, 9.17) is 16.3 Å². The molecule has 4 aliphatic rings. The molecule has 1 aromatic carbocycles. The number of carbonyl (C=O) groups excluding carboxylic acids is 1. The second-order valence-electron chi connectivity index (χ2n) is 10.6. The number of benzene rings is 1. The second kappa shape index (κ2) is 9.63. The Hall–Kier alpha value is -1.71. The Bertz CT molecular complexity index is 926. The number of hydrogen-bond acceptors (Lipinski definition) is 5. The second-order valence-corrected chi connectivity index (χ2v) is 11.0. The molecule has 0 aliphatic carbocycles. The van der Waals surface area contributed by atoms with Crippen molar-refractivity contribution >= 4 is 23.4 Å². The molecule has 0 N–H and O–H groups in total. The van der Waals surface area contributed by atoms with Crippen LogP contribution in [0.3, 0.4) is 0 Å². The van der Waals surface area contributed by atoms with E-state index in [2.05, 4.69) is 20.6 Å². The molecular formula is C25H33ClF3N3O3. The first-order valence-corrected chi connectivity index (χ1v) is 12.9. The van der Waals surface area contributed by atoms with Gasteiger partial charge >= 0.3 is 12.3 Å². The molecule has 194 valence electrons. The van der Waals surface area contributed by atoms with Gasteiger partial charge in [-0.05, 0) is 62.9 Å². The van der Waals surface area contributed by atoms with Crippen LogP contribution in [-0.2, 0) is 16.0 Å². The largest absolute Gasteiger partial charge is 0.437 e. The van der Waals surface area contributed by atoms with Gasteiger partial charge in [-0.3, -0.25) is 4.90 Å². The zero-order valence-electron chi connectivity index (χ0n) is 20.0. The van der Waals surface area contributed by atoms with Gasteiger partial charge in [0.25, 0.3) is 0 Å². The third kappa shape index (κ3) is 5.23. The summed E-state index contributed by atoms with van der Waals surface area (Å²) in [6.45, 7) is 7.07. The molecule has 4 aliphatic heterocycles. The van der Waals surface area contributed by atoms with E-state index in [9.17, 15) is 18.0 Å². The van der Waals surface area contributed by atoms with E-state index in [1.807, 2.05) is 12.1 Å². The van der Waals surface area contributed by atoms with E-state index in [-0.39, 0.29) is 5.54 Å². The first kappa shape index (κ1) is 25.0. The highest BCUT2D eigenvalue weighted by molar-refractivity contribution is 6.30. The fourth-order valence-electron chi connectivity index (χ4n) is 6.23. The molecule has 3 atom stereocenters. The van der Waals surface area contributed by atoms with Crippen LogP contribution in [0.1, 0.15) is 38.2 Å². The van der Waals surface area contributed by atoms with Crippen molar-refractivity contribution < 1.29 is 27.4 Å². The number of fused-ring (bicyclic) bond motifs is 1. The maximum atomic E-state index is 12.8. The molecule has 6 nitrogen and oxygen atoms in total. The average Bonchev–Trinajstić information content (AvgIpc) is 3.49. The minimum atomic E-state index is -4.55. The number of likely N-dealkylation sites (tertiary alicyclic amines) is 2. The number of halogens is 4. The monoisotopic (exact) mass is 515 g/mol. The summed E-state index contributed by atoms with van der Waals surface area (Å²) < 4.78 is 48.6. The zero-order chi connectivity index (χ0) is 24.8. The Morgan fingerprint density at radius 1 is 1.14 bits per heavy atom. The molecule has 35 heavy (non-hydrogen) atoms. The lowest BCUT2D eigenvalue weighted by Gasteiger charge is -2.45. The summed E-state index contributed by atoms with van der Waals surface area (Å²) in [5.74, 6) is 1.19. The Labute approximate surface area is 209 Å². The summed E-state index contributed by atoms with van der Waals surface area (Å²) in [4.78, 5) is 18.6. The molecular weight excluding hydrogens is 483 g/mol. The van der Waals surface area contributed by atoms with Crippen molar-refractivity contribution in [2.24, 2.45) is 11.8 Å². The Balaban J connectivity index is 1.22. The van der Waals surface area contributed by atoms with Gasteiger partial charge < -0.3 is 19.3 Å². The SMILES string of the molecule is CC(OC(=O)N1CCC2(CCCN2Cc2cc(Cl)cc(N3CC4COCC4C3)c2)CC1)C(F)(F)F. The number of piperidine rings is 1. The number of hydrogen-bond donors (Lipinski definition) is 0. The number of ether oxygens (including phenoxy) is 2. The molecule has 1 spiro atoms. The highest BCUT2D eigenvalue weighted by atomic mass is 35.5. The fourth-order valence-corrected chi connectivity index (χ4v) is 6.48. The summed E-state index contributed by atoms with van der Waals surface area (Å²) >= 11 is 6.53. The molecule has 0 saturated carbocycles. The number of amides is 1. The van der Waals surface area contributed by atoms with E-state index in [0.717, 1.165) is 82.7 Å². The average molecular weight is 516 g/mol. The van der Waals surface area contributed by atoms with Gasteiger partial charge in [-0.1, -0.05) is 11.6 Å². The first-order valence-electron chi connectivity index (χ1n) is 12.5. The molecule has 3 unspecified atom stereocenters. The van der Waals surface area contributed by atoms with Crippen molar-refractivity contribution in [1.82, 2.24) is 9.80 Å². The van der Waals surface area contributed by atoms with Crippen molar-refractivity contribution in [3.8, 4) is 0 Å². The lowest BCUT2D eigenvalue weighted by atomic mass is 9.85. The van der Waals surface area contributed by atoms with Crippen molar-refractivity contribution in [1.29, 1.82) is 0 Å². The summed E-state index contributed by atoms with van der Waals surface area (Å²) in [6, 6.07) is 6.31. The summed E-state index contributed by atoms with van der Waals surface area (Å²) in [6.07, 6.45) is -3.98. The Morgan fingerprint density at radius 2 is 1.83 bits per heavy atom. The van der Waals surface area contributed by atoms with Crippen LogP contribution in [0, 0.1) is 11.8 Å². The van der Waals surface area contributed by atoms with Crippen LogP contribution in [0.5, 0.6) is 0 Å². The van der Waals surface area contributed by atoms with Crippen molar-refractivity contribution in [2.75, 3.05) is 50.8 Å². The summed E-state index contributed by atoms with van der Waals surface area (Å²) in [5.41, 5.74) is 2.28. The highest BCUT2D eigenvalue weighted by Crippen LogP contribution is 2.41. The van der Waals surface area contributed by atoms with Gasteiger partial charge in [0.1, 0.15) is 0 Å². The smallest absolute Gasteiger partial charge is 0.425 e. The molecule has 0 bridgehead atoms. The minimum absolute atomic E-state index is 0.0447. The van der Waals surface area contributed by atoms with Crippen molar-refractivity contribution in [3.05, 3.63) is 28.8 Å². The molecule has 4 saturated heterocycles. The normalized spacial score (nSPS) is 27.5. The molecule has 0 aromatic heterocycles. The topological polar surface area (TPSA) is 45.2 Å².